The summed E-state index contributed by atoms with van der Waals surface area (Å²) >= 11 is 0. The van der Waals surface area contributed by atoms with Crippen molar-refractivity contribution in [3.63, 3.8) is 0 Å². The average Bonchev–Trinajstić information content (AvgIpc) is 2.00. The summed E-state index contributed by atoms with van der Waals surface area (Å²) in [6.45, 7) is 7.57. The van der Waals surface area contributed by atoms with Crippen molar-refractivity contribution >= 4 is 0 Å². The Kier molecular flexibility index (Phi) is 6.52. The largest absolute Gasteiger partial charge is 0.314 e. The van der Waals surface area contributed by atoms with E-state index in [9.17, 15) is 4.39 Å². The fourth-order valence-corrected chi connectivity index (χ4v) is 0.988. The first kappa shape index (κ1) is 10.9. The summed E-state index contributed by atoms with van der Waals surface area (Å²) in [7, 11) is 0. The second-order valence-corrected chi connectivity index (χ2v) is 3.15. The van der Waals surface area contributed by atoms with Gasteiger partial charge in [-0.3, -0.25) is 0 Å². The van der Waals surface area contributed by atoms with Crippen LogP contribution in [0.1, 0.15) is 33.6 Å². The Morgan fingerprint density at radius 1 is 1.36 bits per heavy atom. The molecule has 0 fully saturated rings. The molecule has 0 amide bonds. The van der Waals surface area contributed by atoms with Gasteiger partial charge in [-0.2, -0.15) is 0 Å². The van der Waals surface area contributed by atoms with Gasteiger partial charge in [-0.1, -0.05) is 27.2 Å². The lowest BCUT2D eigenvalue weighted by molar-refractivity contribution is 0.264. The van der Waals surface area contributed by atoms with E-state index >= 15 is 0 Å². The normalized spacial score (nSPS) is 16.4. The highest BCUT2D eigenvalue weighted by Gasteiger charge is 2.09. The van der Waals surface area contributed by atoms with Crippen LogP contribution in [0.15, 0.2) is 0 Å². The fourth-order valence-electron chi connectivity index (χ4n) is 0.988. The van der Waals surface area contributed by atoms with Gasteiger partial charge in [-0.05, 0) is 18.9 Å². The number of halogens is 1. The second kappa shape index (κ2) is 6.59. The maximum atomic E-state index is 13.0. The Morgan fingerprint density at radius 3 is 2.45 bits per heavy atom. The molecular weight excluding hydrogens is 141 g/mol. The van der Waals surface area contributed by atoms with E-state index in [1.54, 1.807) is 0 Å². The van der Waals surface area contributed by atoms with Crippen molar-refractivity contribution in [1.29, 1.82) is 0 Å². The molecule has 0 bridgehead atoms. The maximum absolute atomic E-state index is 13.0. The molecule has 2 atom stereocenters. The van der Waals surface area contributed by atoms with Crippen LogP contribution in [0.25, 0.3) is 0 Å². The van der Waals surface area contributed by atoms with Crippen molar-refractivity contribution in [3.8, 4) is 0 Å². The van der Waals surface area contributed by atoms with E-state index < -0.39 is 6.17 Å². The minimum Gasteiger partial charge on any atom is -0.314 e. The van der Waals surface area contributed by atoms with Crippen molar-refractivity contribution in [2.45, 2.75) is 39.8 Å². The molecule has 0 spiro atoms. The van der Waals surface area contributed by atoms with E-state index in [-0.39, 0.29) is 0 Å². The zero-order chi connectivity index (χ0) is 8.69. The Bertz CT molecular complexity index is 85.6. The van der Waals surface area contributed by atoms with Gasteiger partial charge in [0.2, 0.25) is 0 Å². The minimum atomic E-state index is -0.662. The van der Waals surface area contributed by atoms with E-state index in [4.69, 9.17) is 0 Å². The molecule has 0 saturated carbocycles. The molecule has 11 heavy (non-hydrogen) atoms. The molecule has 2 heteroatoms. The Hall–Kier alpha value is -0.110. The van der Waals surface area contributed by atoms with E-state index in [0.29, 0.717) is 18.9 Å². The third-order valence-electron chi connectivity index (χ3n) is 1.97. The molecule has 0 aliphatic carbocycles. The van der Waals surface area contributed by atoms with Crippen molar-refractivity contribution in [1.82, 2.24) is 5.32 Å². The first-order chi connectivity index (χ1) is 5.20. The monoisotopic (exact) mass is 161 g/mol. The highest BCUT2D eigenvalue weighted by atomic mass is 19.1. The molecule has 0 heterocycles. The summed E-state index contributed by atoms with van der Waals surface area (Å²) in [5.74, 6) is 0.517. The van der Waals surface area contributed by atoms with Gasteiger partial charge in [0, 0.05) is 6.54 Å². The van der Waals surface area contributed by atoms with Crippen molar-refractivity contribution in [3.05, 3.63) is 0 Å². The van der Waals surface area contributed by atoms with Gasteiger partial charge < -0.3 is 5.32 Å². The van der Waals surface area contributed by atoms with Crippen molar-refractivity contribution < 1.29 is 4.39 Å². The van der Waals surface area contributed by atoms with Crippen LogP contribution >= 0.6 is 0 Å². The molecular formula is C9H20FN. The van der Waals surface area contributed by atoms with Crippen LogP contribution in [-0.2, 0) is 0 Å². The number of hydrogen-bond donors (Lipinski definition) is 1. The predicted octanol–water partition coefficient (Wildman–Crippen LogP) is 2.37. The lowest BCUT2D eigenvalue weighted by Crippen LogP contribution is -2.24. The summed E-state index contributed by atoms with van der Waals surface area (Å²) in [4.78, 5) is 0. The van der Waals surface area contributed by atoms with Crippen LogP contribution < -0.4 is 5.32 Å². The van der Waals surface area contributed by atoms with Gasteiger partial charge in [0.05, 0.1) is 0 Å². The lowest BCUT2D eigenvalue weighted by Gasteiger charge is -2.12. The fraction of sp³-hybridized carbons (Fsp3) is 1.00. The topological polar surface area (TPSA) is 12.0 Å². The summed E-state index contributed by atoms with van der Waals surface area (Å²) in [5, 5.41) is 3.00. The highest BCUT2D eigenvalue weighted by Crippen LogP contribution is 2.11. The van der Waals surface area contributed by atoms with Crippen molar-refractivity contribution in [2.24, 2.45) is 5.92 Å². The van der Waals surface area contributed by atoms with Gasteiger partial charge in [-0.25, -0.2) is 4.39 Å². The van der Waals surface area contributed by atoms with E-state index in [0.717, 1.165) is 13.0 Å². The van der Waals surface area contributed by atoms with Crippen molar-refractivity contribution in [2.75, 3.05) is 13.1 Å². The van der Waals surface area contributed by atoms with Crippen LogP contribution in [0, 0.1) is 5.92 Å². The van der Waals surface area contributed by atoms with Gasteiger partial charge in [0.15, 0.2) is 0 Å². The summed E-state index contributed by atoms with van der Waals surface area (Å²) in [6.07, 6.45) is 1.11. The lowest BCUT2D eigenvalue weighted by atomic mass is 10.0. The quantitative estimate of drug-likeness (QED) is 0.630. The zero-order valence-electron chi connectivity index (χ0n) is 7.86. The Balaban J connectivity index is 3.27. The molecule has 1 nitrogen and oxygen atoms in total. The van der Waals surface area contributed by atoms with Gasteiger partial charge in [-0.15, -0.1) is 0 Å². The van der Waals surface area contributed by atoms with E-state index in [2.05, 4.69) is 19.2 Å². The third kappa shape index (κ3) is 6.29. The highest BCUT2D eigenvalue weighted by molar-refractivity contribution is 4.62. The first-order valence-corrected chi connectivity index (χ1v) is 4.55. The van der Waals surface area contributed by atoms with Crippen LogP contribution in [0.3, 0.4) is 0 Å². The minimum absolute atomic E-state index is 0.515. The third-order valence-corrected chi connectivity index (χ3v) is 1.97. The van der Waals surface area contributed by atoms with Gasteiger partial charge in [0.25, 0.3) is 0 Å². The molecule has 2 unspecified atom stereocenters. The molecule has 0 aliphatic rings. The molecule has 0 rings (SSSR count). The maximum Gasteiger partial charge on any atom is 0.113 e. The SMILES string of the molecule is CCNCC(F)CC(C)CC. The molecule has 1 N–H and O–H groups in total. The molecule has 68 valence electrons. The number of alkyl halides is 1. The Morgan fingerprint density at radius 2 is 2.00 bits per heavy atom. The molecule has 0 saturated heterocycles. The smallest absolute Gasteiger partial charge is 0.113 e. The number of hydrogen-bond acceptors (Lipinski definition) is 1. The first-order valence-electron chi connectivity index (χ1n) is 4.55. The van der Waals surface area contributed by atoms with E-state index in [1.807, 2.05) is 6.92 Å². The summed E-state index contributed by atoms with van der Waals surface area (Å²) in [6, 6.07) is 0. The van der Waals surface area contributed by atoms with E-state index in [1.165, 1.54) is 0 Å². The second-order valence-electron chi connectivity index (χ2n) is 3.15. The molecule has 0 aromatic carbocycles. The molecule has 0 aromatic rings. The molecule has 0 radical (unpaired) electrons. The molecule has 0 aliphatic heterocycles. The zero-order valence-corrected chi connectivity index (χ0v) is 7.86. The standard InChI is InChI=1S/C9H20FN/c1-4-8(3)6-9(10)7-11-5-2/h8-9,11H,4-7H2,1-3H3. The predicted molar refractivity (Wildman–Crippen MR) is 47.5 cm³/mol. The Labute approximate surface area is 69.4 Å². The number of rotatable bonds is 6. The van der Waals surface area contributed by atoms with Crippen LogP contribution in [0.2, 0.25) is 0 Å². The van der Waals surface area contributed by atoms with Gasteiger partial charge in [0.1, 0.15) is 6.17 Å². The summed E-state index contributed by atoms with van der Waals surface area (Å²) in [5.41, 5.74) is 0. The van der Waals surface area contributed by atoms with Crippen LogP contribution in [0.5, 0.6) is 0 Å². The summed E-state index contributed by atoms with van der Waals surface area (Å²) < 4.78 is 13.0. The molecule has 0 aromatic heterocycles. The van der Waals surface area contributed by atoms with Crippen LogP contribution in [0.4, 0.5) is 4.39 Å². The average molecular weight is 161 g/mol. The van der Waals surface area contributed by atoms with Crippen LogP contribution in [-0.4, -0.2) is 19.3 Å². The number of nitrogens with one attached hydrogen (secondary N) is 1. The van der Waals surface area contributed by atoms with Gasteiger partial charge >= 0.3 is 0 Å².